The highest BCUT2D eigenvalue weighted by Crippen LogP contribution is 2.32. The summed E-state index contributed by atoms with van der Waals surface area (Å²) in [5.41, 5.74) is 1.52. The number of hydrogen-bond donors (Lipinski definition) is 2. The average Bonchev–Trinajstić information content (AvgIpc) is 3.25. The number of benzene rings is 2. The Labute approximate surface area is 203 Å². The summed E-state index contributed by atoms with van der Waals surface area (Å²) in [5.74, 6) is -0.960. The largest absolute Gasteiger partial charge is 0.478 e. The van der Waals surface area contributed by atoms with Crippen LogP contribution in [-0.4, -0.2) is 30.8 Å². The van der Waals surface area contributed by atoms with Crippen molar-refractivity contribution in [3.8, 4) is 23.0 Å². The molecular formula is C25H17F3N6O2. The van der Waals surface area contributed by atoms with Crippen molar-refractivity contribution in [2.45, 2.75) is 13.1 Å². The second kappa shape index (κ2) is 9.71. The van der Waals surface area contributed by atoms with Crippen LogP contribution in [0, 0.1) is 18.3 Å². The van der Waals surface area contributed by atoms with E-state index in [9.17, 15) is 18.0 Å². The van der Waals surface area contributed by atoms with Crippen LogP contribution in [0.2, 0.25) is 0 Å². The maximum atomic E-state index is 13.4. The molecule has 180 valence electrons. The number of carbonyl (C=O) groups is 1. The molecule has 2 aromatic heterocycles. The summed E-state index contributed by atoms with van der Waals surface area (Å²) in [5, 5.41) is 24.7. The molecule has 0 unspecified atom stereocenters. The highest BCUT2D eigenvalue weighted by atomic mass is 19.4. The Morgan fingerprint density at radius 1 is 1.17 bits per heavy atom. The zero-order chi connectivity index (χ0) is 25.9. The van der Waals surface area contributed by atoms with Crippen LogP contribution in [-0.2, 0) is 11.0 Å². The first-order chi connectivity index (χ1) is 17.1. The van der Waals surface area contributed by atoms with Crippen LogP contribution in [0.4, 0.5) is 24.8 Å². The van der Waals surface area contributed by atoms with Gasteiger partial charge in [0.15, 0.2) is 11.5 Å². The zero-order valence-corrected chi connectivity index (χ0v) is 18.7. The van der Waals surface area contributed by atoms with E-state index in [0.29, 0.717) is 27.9 Å². The molecule has 2 heterocycles. The number of nitrogens with zero attached hydrogens (tertiary/aromatic N) is 5. The average molecular weight is 490 g/mol. The summed E-state index contributed by atoms with van der Waals surface area (Å²) in [7, 11) is 0. The van der Waals surface area contributed by atoms with E-state index < -0.39 is 17.8 Å². The molecule has 2 aromatic carbocycles. The molecule has 0 saturated heterocycles. The molecule has 11 heteroatoms. The lowest BCUT2D eigenvalue weighted by atomic mass is 10.0. The number of aryl methyl sites for hydroxylation is 1. The molecule has 0 aliphatic carbocycles. The third-order valence-electron chi connectivity index (χ3n) is 5.01. The first-order valence-corrected chi connectivity index (χ1v) is 10.4. The molecule has 0 spiro atoms. The van der Waals surface area contributed by atoms with Crippen molar-refractivity contribution in [3.63, 3.8) is 0 Å². The lowest BCUT2D eigenvalue weighted by molar-refractivity contribution is -0.141. The second-order valence-electron chi connectivity index (χ2n) is 7.63. The second-order valence-corrected chi connectivity index (χ2v) is 7.63. The van der Waals surface area contributed by atoms with Gasteiger partial charge in [-0.25, -0.2) is 14.5 Å². The summed E-state index contributed by atoms with van der Waals surface area (Å²) < 4.78 is 41.2. The number of carboxylic acids is 1. The zero-order valence-electron chi connectivity index (χ0n) is 18.7. The Bertz CT molecular complexity index is 1520. The minimum absolute atomic E-state index is 0.0780. The smallest absolute Gasteiger partial charge is 0.435 e. The van der Waals surface area contributed by atoms with Crippen LogP contribution in [0.25, 0.3) is 23.0 Å². The number of halogens is 3. The molecule has 36 heavy (non-hydrogen) atoms. The topological polar surface area (TPSA) is 117 Å². The van der Waals surface area contributed by atoms with E-state index in [1.807, 2.05) is 6.07 Å². The number of nitriles is 1. The van der Waals surface area contributed by atoms with E-state index in [1.54, 1.807) is 48.5 Å². The molecular weight excluding hydrogens is 473 g/mol. The van der Waals surface area contributed by atoms with Crippen LogP contribution in [0.1, 0.15) is 22.5 Å². The molecule has 0 radical (unpaired) electrons. The van der Waals surface area contributed by atoms with Gasteiger partial charge in [0.05, 0.1) is 11.6 Å². The number of aromatic nitrogens is 4. The van der Waals surface area contributed by atoms with E-state index in [4.69, 9.17) is 10.4 Å². The van der Waals surface area contributed by atoms with Gasteiger partial charge in [0.25, 0.3) is 0 Å². The van der Waals surface area contributed by atoms with Gasteiger partial charge in [-0.2, -0.15) is 28.5 Å². The fraction of sp³-hybridized carbons (Fsp3) is 0.0800. The predicted molar refractivity (Wildman–Crippen MR) is 125 cm³/mol. The highest BCUT2D eigenvalue weighted by molar-refractivity contribution is 5.86. The Balaban J connectivity index is 1.85. The molecule has 0 atom stereocenters. The normalized spacial score (nSPS) is 11.4. The number of rotatable bonds is 6. The summed E-state index contributed by atoms with van der Waals surface area (Å²) in [6.07, 6.45) is -0.839. The van der Waals surface area contributed by atoms with Crippen LogP contribution in [0.3, 0.4) is 0 Å². The van der Waals surface area contributed by atoms with Crippen molar-refractivity contribution in [3.05, 3.63) is 89.4 Å². The molecule has 4 aromatic rings. The van der Waals surface area contributed by atoms with Crippen molar-refractivity contribution in [2.75, 3.05) is 5.32 Å². The standard InChI is InChI=1S/C25H17F3N6O2/c1-15-10-21(25(26,27)28)33-34(15)23-20(18-6-2-4-16(11-18)8-9-22(35)36)14-30-24(32-23)31-19-7-3-5-17(12-19)13-29/h2-12,14H,1H3,(H,35,36)(H,30,31,32)/b9-8+. The molecule has 0 fully saturated rings. The number of carboxylic acid groups (broad SMARTS) is 1. The first-order valence-electron chi connectivity index (χ1n) is 10.4. The van der Waals surface area contributed by atoms with E-state index >= 15 is 0 Å². The van der Waals surface area contributed by atoms with Crippen molar-refractivity contribution in [1.82, 2.24) is 19.7 Å². The molecule has 0 aliphatic rings. The van der Waals surface area contributed by atoms with Gasteiger partial charge in [0, 0.05) is 29.2 Å². The van der Waals surface area contributed by atoms with Gasteiger partial charge in [-0.05, 0) is 54.5 Å². The maximum Gasteiger partial charge on any atom is 0.435 e. The quantitative estimate of drug-likeness (QED) is 0.349. The lowest BCUT2D eigenvalue weighted by Crippen LogP contribution is -2.10. The third kappa shape index (κ3) is 5.39. The van der Waals surface area contributed by atoms with Gasteiger partial charge in [0.1, 0.15) is 0 Å². The van der Waals surface area contributed by atoms with Crippen molar-refractivity contribution in [1.29, 1.82) is 5.26 Å². The lowest BCUT2D eigenvalue weighted by Gasteiger charge is -2.13. The van der Waals surface area contributed by atoms with Crippen LogP contribution >= 0.6 is 0 Å². The molecule has 0 bridgehead atoms. The Morgan fingerprint density at radius 3 is 2.64 bits per heavy atom. The number of hydrogen-bond acceptors (Lipinski definition) is 6. The molecule has 8 nitrogen and oxygen atoms in total. The van der Waals surface area contributed by atoms with Gasteiger partial charge in [0.2, 0.25) is 5.95 Å². The van der Waals surface area contributed by atoms with Crippen molar-refractivity contribution < 1.29 is 23.1 Å². The predicted octanol–water partition coefficient (Wildman–Crippen LogP) is 5.37. The Kier molecular flexibility index (Phi) is 6.52. The van der Waals surface area contributed by atoms with Gasteiger partial charge < -0.3 is 10.4 Å². The third-order valence-corrected chi connectivity index (χ3v) is 5.01. The molecule has 0 amide bonds. The maximum absolute atomic E-state index is 13.4. The van der Waals surface area contributed by atoms with Gasteiger partial charge >= 0.3 is 12.1 Å². The molecule has 2 N–H and O–H groups in total. The summed E-state index contributed by atoms with van der Waals surface area (Å²) >= 11 is 0. The minimum Gasteiger partial charge on any atom is -0.478 e. The van der Waals surface area contributed by atoms with Crippen molar-refractivity contribution >= 4 is 23.7 Å². The fourth-order valence-corrected chi connectivity index (χ4v) is 3.40. The number of anilines is 2. The monoisotopic (exact) mass is 490 g/mol. The van der Waals surface area contributed by atoms with Crippen LogP contribution in [0.15, 0.2) is 66.9 Å². The van der Waals surface area contributed by atoms with Gasteiger partial charge in [-0.3, -0.25) is 0 Å². The highest BCUT2D eigenvalue weighted by Gasteiger charge is 2.35. The summed E-state index contributed by atoms with van der Waals surface area (Å²) in [4.78, 5) is 19.6. The Morgan fingerprint density at radius 2 is 1.94 bits per heavy atom. The summed E-state index contributed by atoms with van der Waals surface area (Å²) in [6, 6.07) is 16.2. The van der Waals surface area contributed by atoms with Crippen LogP contribution < -0.4 is 5.32 Å². The SMILES string of the molecule is Cc1cc(C(F)(F)F)nn1-c1nc(Nc2cccc(C#N)c2)ncc1-c1cccc(/C=C/C(=O)O)c1. The first kappa shape index (κ1) is 24.2. The molecule has 0 saturated carbocycles. The fourth-order valence-electron chi connectivity index (χ4n) is 3.40. The van der Waals surface area contributed by atoms with E-state index in [2.05, 4.69) is 20.4 Å². The summed E-state index contributed by atoms with van der Waals surface area (Å²) in [6.45, 7) is 1.48. The van der Waals surface area contributed by atoms with E-state index in [-0.39, 0.29) is 17.5 Å². The number of aliphatic carboxylic acids is 1. The van der Waals surface area contributed by atoms with E-state index in [0.717, 1.165) is 16.8 Å². The molecule has 4 rings (SSSR count). The Hall–Kier alpha value is -4.98. The van der Waals surface area contributed by atoms with Crippen LogP contribution in [0.5, 0.6) is 0 Å². The minimum atomic E-state index is -4.65. The molecule has 0 aliphatic heterocycles. The van der Waals surface area contributed by atoms with Gasteiger partial charge in [-0.1, -0.05) is 24.3 Å². The van der Waals surface area contributed by atoms with Crippen molar-refractivity contribution in [2.24, 2.45) is 0 Å². The number of nitrogens with one attached hydrogen (secondary N) is 1. The number of alkyl halides is 3. The van der Waals surface area contributed by atoms with E-state index in [1.165, 1.54) is 19.2 Å². The van der Waals surface area contributed by atoms with Gasteiger partial charge in [-0.15, -0.1) is 0 Å².